The molecule has 3 atom stereocenters. The highest BCUT2D eigenvalue weighted by Crippen LogP contribution is 2.34. The fourth-order valence-corrected chi connectivity index (χ4v) is 3.13. The summed E-state index contributed by atoms with van der Waals surface area (Å²) in [7, 11) is 0. The molecule has 3 unspecified atom stereocenters. The van der Waals surface area contributed by atoms with Crippen LogP contribution in [-0.4, -0.2) is 39.4 Å². The summed E-state index contributed by atoms with van der Waals surface area (Å²) in [5.74, 6) is 2.90. The molecular formula is C15H26N6. The van der Waals surface area contributed by atoms with Crippen molar-refractivity contribution in [1.82, 2.24) is 25.4 Å². The first-order valence-corrected chi connectivity index (χ1v) is 8.24. The van der Waals surface area contributed by atoms with Crippen molar-refractivity contribution in [2.24, 2.45) is 10.9 Å². The van der Waals surface area contributed by atoms with Crippen LogP contribution in [0.25, 0.3) is 0 Å². The average molecular weight is 290 g/mol. The van der Waals surface area contributed by atoms with Crippen molar-refractivity contribution in [3.8, 4) is 0 Å². The molecule has 1 aliphatic carbocycles. The quantitative estimate of drug-likeness (QED) is 0.634. The van der Waals surface area contributed by atoms with Crippen LogP contribution in [0.15, 0.2) is 11.3 Å². The Morgan fingerprint density at radius 1 is 1.43 bits per heavy atom. The average Bonchev–Trinajstić information content (AvgIpc) is 3.01. The van der Waals surface area contributed by atoms with Crippen LogP contribution in [0.4, 0.5) is 0 Å². The molecule has 116 valence electrons. The van der Waals surface area contributed by atoms with Crippen LogP contribution in [0.5, 0.6) is 0 Å². The Kier molecular flexibility index (Phi) is 4.41. The Balaban J connectivity index is 1.53. The first-order valence-electron chi connectivity index (χ1n) is 8.24. The third kappa shape index (κ3) is 3.54. The van der Waals surface area contributed by atoms with E-state index < -0.39 is 0 Å². The lowest BCUT2D eigenvalue weighted by atomic mass is 10.1. The topological polar surface area (TPSA) is 67.1 Å². The molecule has 21 heavy (non-hydrogen) atoms. The number of fused-ring (bicyclic) bond motifs is 1. The van der Waals surface area contributed by atoms with Crippen LogP contribution in [0.1, 0.15) is 45.4 Å². The van der Waals surface area contributed by atoms with Gasteiger partial charge in [0.05, 0.1) is 6.54 Å². The predicted molar refractivity (Wildman–Crippen MR) is 83.2 cm³/mol. The van der Waals surface area contributed by atoms with Crippen molar-refractivity contribution >= 4 is 5.96 Å². The first-order chi connectivity index (χ1) is 10.3. The summed E-state index contributed by atoms with van der Waals surface area (Å²) < 4.78 is 2.00. The molecule has 1 aliphatic heterocycles. The van der Waals surface area contributed by atoms with Gasteiger partial charge in [0.1, 0.15) is 12.2 Å². The first kappa shape index (κ1) is 14.4. The van der Waals surface area contributed by atoms with Gasteiger partial charge in [-0.2, -0.15) is 5.10 Å². The van der Waals surface area contributed by atoms with E-state index in [-0.39, 0.29) is 0 Å². The maximum absolute atomic E-state index is 4.59. The molecule has 2 N–H and O–H groups in total. The third-order valence-electron chi connectivity index (χ3n) is 4.37. The van der Waals surface area contributed by atoms with Crippen LogP contribution >= 0.6 is 0 Å². The molecule has 0 spiro atoms. The smallest absolute Gasteiger partial charge is 0.191 e. The number of aromatic nitrogens is 3. The van der Waals surface area contributed by atoms with E-state index in [0.29, 0.717) is 12.1 Å². The highest BCUT2D eigenvalue weighted by atomic mass is 15.4. The summed E-state index contributed by atoms with van der Waals surface area (Å²) in [6, 6.07) is 1.01. The van der Waals surface area contributed by atoms with E-state index in [1.165, 1.54) is 19.3 Å². The number of hydrogen-bond donors (Lipinski definition) is 2. The van der Waals surface area contributed by atoms with Crippen LogP contribution < -0.4 is 10.6 Å². The lowest BCUT2D eigenvalue weighted by molar-refractivity contribution is 0.392. The number of nitrogens with zero attached hydrogens (tertiary/aromatic N) is 4. The van der Waals surface area contributed by atoms with E-state index in [9.17, 15) is 0 Å². The minimum atomic E-state index is 0.389. The van der Waals surface area contributed by atoms with Gasteiger partial charge >= 0.3 is 0 Å². The van der Waals surface area contributed by atoms with Gasteiger partial charge in [-0.05, 0) is 32.1 Å². The Morgan fingerprint density at radius 3 is 3.14 bits per heavy atom. The number of aliphatic imine (C=N–C) groups is 1. The Morgan fingerprint density at radius 2 is 2.33 bits per heavy atom. The van der Waals surface area contributed by atoms with Gasteiger partial charge in [0.2, 0.25) is 0 Å². The lowest BCUT2D eigenvalue weighted by Crippen LogP contribution is -2.48. The minimum absolute atomic E-state index is 0.389. The number of guanidine groups is 1. The summed E-state index contributed by atoms with van der Waals surface area (Å²) >= 11 is 0. The van der Waals surface area contributed by atoms with Crippen LogP contribution in [0, 0.1) is 5.92 Å². The molecule has 3 rings (SSSR count). The summed E-state index contributed by atoms with van der Waals surface area (Å²) in [4.78, 5) is 8.86. The molecule has 1 aromatic rings. The molecule has 0 radical (unpaired) electrons. The number of rotatable bonds is 5. The number of hydrogen-bond acceptors (Lipinski definition) is 3. The molecule has 1 saturated carbocycles. The van der Waals surface area contributed by atoms with Gasteiger partial charge in [0.25, 0.3) is 0 Å². The summed E-state index contributed by atoms with van der Waals surface area (Å²) in [5.41, 5.74) is 0. The predicted octanol–water partition coefficient (Wildman–Crippen LogP) is 1.34. The zero-order chi connectivity index (χ0) is 14.7. The molecule has 2 aliphatic rings. The molecule has 0 amide bonds. The minimum Gasteiger partial charge on any atom is -0.353 e. The molecule has 6 heteroatoms. The van der Waals surface area contributed by atoms with Gasteiger partial charge in [-0.25, -0.2) is 9.67 Å². The Hall–Kier alpha value is -1.59. The van der Waals surface area contributed by atoms with Gasteiger partial charge in [-0.3, -0.25) is 4.99 Å². The van der Waals surface area contributed by atoms with Gasteiger partial charge in [-0.15, -0.1) is 0 Å². The van der Waals surface area contributed by atoms with E-state index in [1.54, 1.807) is 6.33 Å². The van der Waals surface area contributed by atoms with Crippen molar-refractivity contribution < 1.29 is 0 Å². The highest BCUT2D eigenvalue weighted by Gasteiger charge is 2.37. The molecule has 1 fully saturated rings. The summed E-state index contributed by atoms with van der Waals surface area (Å²) in [6.45, 7) is 6.02. The Bertz CT molecular complexity index is 494. The van der Waals surface area contributed by atoms with Crippen molar-refractivity contribution in [3.63, 3.8) is 0 Å². The van der Waals surface area contributed by atoms with Crippen LogP contribution in [0.2, 0.25) is 0 Å². The second-order valence-corrected chi connectivity index (χ2v) is 6.10. The van der Waals surface area contributed by atoms with Crippen LogP contribution in [0.3, 0.4) is 0 Å². The molecule has 2 heterocycles. The summed E-state index contributed by atoms with van der Waals surface area (Å²) in [5, 5.41) is 11.4. The fourth-order valence-electron chi connectivity index (χ4n) is 3.13. The summed E-state index contributed by atoms with van der Waals surface area (Å²) in [6.07, 6.45) is 7.61. The van der Waals surface area contributed by atoms with E-state index in [1.807, 2.05) is 4.68 Å². The van der Waals surface area contributed by atoms with E-state index in [0.717, 1.165) is 43.6 Å². The second-order valence-electron chi connectivity index (χ2n) is 6.10. The standard InChI is InChI=1S/C15H26N6/c1-3-5-11-8-13(11)20-15(16-4-2)19-12-6-7-14-17-10-18-21(14)9-12/h10-13H,3-9H2,1-2H3,(H2,16,19,20). The Labute approximate surface area is 126 Å². The van der Waals surface area contributed by atoms with Crippen molar-refractivity contribution in [2.45, 2.75) is 64.6 Å². The molecule has 6 nitrogen and oxygen atoms in total. The number of aryl methyl sites for hydroxylation is 1. The largest absolute Gasteiger partial charge is 0.353 e. The molecule has 0 bridgehead atoms. The zero-order valence-electron chi connectivity index (χ0n) is 13.0. The van der Waals surface area contributed by atoms with Crippen molar-refractivity contribution in [1.29, 1.82) is 0 Å². The fraction of sp³-hybridized carbons (Fsp3) is 0.800. The monoisotopic (exact) mass is 290 g/mol. The van der Waals surface area contributed by atoms with E-state index in [4.69, 9.17) is 0 Å². The molecular weight excluding hydrogens is 264 g/mol. The van der Waals surface area contributed by atoms with E-state index >= 15 is 0 Å². The van der Waals surface area contributed by atoms with Crippen LogP contribution in [-0.2, 0) is 13.0 Å². The SMILES string of the molecule is CCCC1CC1NC(=NCC)NC1CCc2ncnn2C1. The maximum Gasteiger partial charge on any atom is 0.191 e. The molecule has 1 aromatic heterocycles. The van der Waals surface area contributed by atoms with Crippen molar-refractivity contribution in [3.05, 3.63) is 12.2 Å². The van der Waals surface area contributed by atoms with Crippen molar-refractivity contribution in [2.75, 3.05) is 6.54 Å². The van der Waals surface area contributed by atoms with Gasteiger partial charge in [-0.1, -0.05) is 13.3 Å². The second kappa shape index (κ2) is 6.45. The number of nitrogens with one attached hydrogen (secondary N) is 2. The van der Waals surface area contributed by atoms with Gasteiger partial charge < -0.3 is 10.6 Å². The molecule has 0 saturated heterocycles. The van der Waals surface area contributed by atoms with Gasteiger partial charge in [0.15, 0.2) is 5.96 Å². The normalized spacial score (nSPS) is 28.1. The highest BCUT2D eigenvalue weighted by molar-refractivity contribution is 5.80. The zero-order valence-corrected chi connectivity index (χ0v) is 13.0. The van der Waals surface area contributed by atoms with Gasteiger partial charge in [0, 0.05) is 25.0 Å². The molecule has 0 aromatic carbocycles. The third-order valence-corrected chi connectivity index (χ3v) is 4.37. The maximum atomic E-state index is 4.59. The lowest BCUT2D eigenvalue weighted by Gasteiger charge is -2.25. The van der Waals surface area contributed by atoms with E-state index in [2.05, 4.69) is 39.6 Å².